The summed E-state index contributed by atoms with van der Waals surface area (Å²) in [6.07, 6.45) is 0.668. The van der Waals surface area contributed by atoms with Crippen molar-refractivity contribution in [2.45, 2.75) is 57.6 Å². The van der Waals surface area contributed by atoms with Crippen LogP contribution in [-0.2, 0) is 26.2 Å². The molecule has 0 saturated heterocycles. The van der Waals surface area contributed by atoms with Crippen LogP contribution in [0.1, 0.15) is 38.3 Å². The van der Waals surface area contributed by atoms with Crippen molar-refractivity contribution >= 4 is 60.7 Å². The number of hydrogen-bond donors (Lipinski definition) is 1. The van der Waals surface area contributed by atoms with Crippen LogP contribution in [0.4, 0.5) is 11.4 Å². The van der Waals surface area contributed by atoms with Gasteiger partial charge in [0.25, 0.3) is 15.7 Å². The summed E-state index contributed by atoms with van der Waals surface area (Å²) >= 11 is 9.68. The third kappa shape index (κ3) is 8.27. The Morgan fingerprint density at radius 1 is 1.11 bits per heavy atom. The van der Waals surface area contributed by atoms with Gasteiger partial charge in [0, 0.05) is 33.7 Å². The number of sulfonamides is 1. The fourth-order valence-corrected chi connectivity index (χ4v) is 6.38. The summed E-state index contributed by atoms with van der Waals surface area (Å²) in [6, 6.07) is 13.8. The van der Waals surface area contributed by atoms with Crippen LogP contribution in [0.3, 0.4) is 0 Å². The number of benzene rings is 3. The Kier molecular flexibility index (Phi) is 11.8. The monoisotopic (exact) mass is 708 g/mol. The second-order valence-corrected chi connectivity index (χ2v) is 13.4. The highest BCUT2D eigenvalue weighted by molar-refractivity contribution is 9.10. The van der Waals surface area contributed by atoms with Crippen molar-refractivity contribution in [3.8, 4) is 5.75 Å². The van der Waals surface area contributed by atoms with Crippen molar-refractivity contribution < 1.29 is 27.7 Å². The van der Waals surface area contributed by atoms with E-state index in [0.29, 0.717) is 12.0 Å². The lowest BCUT2D eigenvalue weighted by Crippen LogP contribution is -2.52. The molecule has 3 aromatic carbocycles. The highest BCUT2D eigenvalue weighted by atomic mass is 79.9. The van der Waals surface area contributed by atoms with Crippen LogP contribution in [0.5, 0.6) is 5.75 Å². The normalized spacial score (nSPS) is 12.6. The minimum Gasteiger partial charge on any atom is -0.495 e. The molecule has 236 valence electrons. The first-order chi connectivity index (χ1) is 20.7. The number of nitro groups is 1. The molecule has 0 aliphatic heterocycles. The first-order valence-corrected chi connectivity index (χ1v) is 16.3. The Morgan fingerprint density at radius 3 is 2.43 bits per heavy atom. The van der Waals surface area contributed by atoms with Crippen LogP contribution < -0.4 is 14.4 Å². The fourth-order valence-electron chi connectivity index (χ4n) is 4.33. The molecule has 0 bridgehead atoms. The first kappa shape index (κ1) is 34.8. The number of nitro benzene ring substituents is 1. The molecule has 0 unspecified atom stereocenters. The SMILES string of the molecule is CC[C@@H](C)NC(=O)[C@H](C)N(Cc1cccc(Br)c1)C(=O)CN(c1cc(Cl)ccc1OC)S(=O)(=O)c1ccc(C)c([N+](=O)[O-])c1. The van der Waals surface area contributed by atoms with E-state index in [1.165, 1.54) is 49.3 Å². The van der Waals surface area contributed by atoms with Gasteiger partial charge in [0.1, 0.15) is 18.3 Å². The van der Waals surface area contributed by atoms with Crippen LogP contribution in [0, 0.1) is 17.0 Å². The predicted molar refractivity (Wildman–Crippen MR) is 172 cm³/mol. The van der Waals surface area contributed by atoms with E-state index in [1.807, 2.05) is 19.9 Å². The van der Waals surface area contributed by atoms with E-state index < -0.39 is 49.9 Å². The number of carbonyl (C=O) groups excluding carboxylic acids is 2. The molecule has 3 rings (SSSR count). The predicted octanol–water partition coefficient (Wildman–Crippen LogP) is 5.86. The van der Waals surface area contributed by atoms with Crippen molar-refractivity contribution in [1.29, 1.82) is 0 Å². The quantitative estimate of drug-likeness (QED) is 0.173. The molecule has 2 atom stereocenters. The summed E-state index contributed by atoms with van der Waals surface area (Å²) in [5.74, 6) is -1.02. The maximum absolute atomic E-state index is 14.2. The van der Waals surface area contributed by atoms with Gasteiger partial charge >= 0.3 is 0 Å². The standard InChI is InChI=1S/C30H34BrClN4O7S/c1-6-20(3)33-30(38)21(4)34(17-22-8-7-9-23(31)14-22)29(37)18-35(27-15-24(32)11-13-28(27)43-5)44(41,42)25-12-10-19(2)26(16-25)36(39)40/h7-16,20-21H,6,17-18H2,1-5H3,(H,33,38)/t20-,21+/m1/s1. The van der Waals surface area contributed by atoms with Crippen molar-refractivity contribution in [2.75, 3.05) is 18.0 Å². The fraction of sp³-hybridized carbons (Fsp3) is 0.333. The Labute approximate surface area is 270 Å². The van der Waals surface area contributed by atoms with E-state index in [-0.39, 0.29) is 34.6 Å². The van der Waals surface area contributed by atoms with E-state index >= 15 is 0 Å². The summed E-state index contributed by atoms with van der Waals surface area (Å²) in [4.78, 5) is 39.2. The highest BCUT2D eigenvalue weighted by Gasteiger charge is 2.35. The number of halogens is 2. The van der Waals surface area contributed by atoms with Crippen molar-refractivity contribution in [3.05, 3.63) is 91.4 Å². The molecule has 44 heavy (non-hydrogen) atoms. The van der Waals surface area contributed by atoms with Gasteiger partial charge in [-0.2, -0.15) is 0 Å². The van der Waals surface area contributed by atoms with Crippen molar-refractivity contribution in [2.24, 2.45) is 0 Å². The van der Waals surface area contributed by atoms with Crippen molar-refractivity contribution in [3.63, 3.8) is 0 Å². The molecule has 0 radical (unpaired) electrons. The molecule has 0 fully saturated rings. The maximum atomic E-state index is 14.2. The summed E-state index contributed by atoms with van der Waals surface area (Å²) in [5, 5.41) is 14.7. The molecule has 0 aliphatic carbocycles. The van der Waals surface area contributed by atoms with Gasteiger partial charge in [-0.3, -0.25) is 24.0 Å². The lowest BCUT2D eigenvalue weighted by molar-refractivity contribution is -0.385. The van der Waals surface area contributed by atoms with E-state index in [1.54, 1.807) is 25.1 Å². The first-order valence-electron chi connectivity index (χ1n) is 13.6. The van der Waals surface area contributed by atoms with E-state index in [4.69, 9.17) is 16.3 Å². The minimum absolute atomic E-state index is 0.00998. The summed E-state index contributed by atoms with van der Waals surface area (Å²) in [6.45, 7) is 6.03. The molecule has 1 N–H and O–H groups in total. The van der Waals surface area contributed by atoms with E-state index in [9.17, 15) is 28.1 Å². The molecule has 11 nitrogen and oxygen atoms in total. The Hall–Kier alpha value is -3.68. The lowest BCUT2D eigenvalue weighted by Gasteiger charge is -2.33. The van der Waals surface area contributed by atoms with Gasteiger partial charge in [0.05, 0.1) is 22.6 Å². The molecular weight excluding hydrogens is 676 g/mol. The molecule has 2 amide bonds. The van der Waals surface area contributed by atoms with Crippen LogP contribution in [0.15, 0.2) is 70.0 Å². The average Bonchev–Trinajstić information content (AvgIpc) is 2.97. The number of hydrogen-bond acceptors (Lipinski definition) is 7. The van der Waals surface area contributed by atoms with Crippen LogP contribution in [0.25, 0.3) is 0 Å². The zero-order valence-corrected chi connectivity index (χ0v) is 28.1. The number of anilines is 1. The number of aryl methyl sites for hydroxylation is 1. The summed E-state index contributed by atoms with van der Waals surface area (Å²) in [5.41, 5.74) is 0.496. The lowest BCUT2D eigenvalue weighted by atomic mass is 10.1. The second kappa shape index (κ2) is 14.9. The van der Waals surface area contributed by atoms with Gasteiger partial charge < -0.3 is 15.0 Å². The van der Waals surface area contributed by atoms with Gasteiger partial charge in [0.15, 0.2) is 0 Å². The number of methoxy groups -OCH3 is 1. The molecule has 0 spiro atoms. The summed E-state index contributed by atoms with van der Waals surface area (Å²) in [7, 11) is -3.29. The largest absolute Gasteiger partial charge is 0.495 e. The molecule has 0 aliphatic rings. The van der Waals surface area contributed by atoms with Crippen LogP contribution in [0.2, 0.25) is 5.02 Å². The topological polar surface area (TPSA) is 139 Å². The average molecular weight is 710 g/mol. The number of nitrogens with one attached hydrogen (secondary N) is 1. The van der Waals surface area contributed by atoms with Gasteiger partial charge in [0.2, 0.25) is 11.8 Å². The smallest absolute Gasteiger partial charge is 0.273 e. The second-order valence-electron chi connectivity index (χ2n) is 10.2. The Morgan fingerprint density at radius 2 is 1.82 bits per heavy atom. The summed E-state index contributed by atoms with van der Waals surface area (Å²) < 4.78 is 35.4. The third-order valence-electron chi connectivity index (χ3n) is 7.06. The third-order valence-corrected chi connectivity index (χ3v) is 9.55. The van der Waals surface area contributed by atoms with Gasteiger partial charge in [-0.25, -0.2) is 8.42 Å². The van der Waals surface area contributed by atoms with Gasteiger partial charge in [-0.15, -0.1) is 0 Å². The highest BCUT2D eigenvalue weighted by Crippen LogP contribution is 2.36. The number of carbonyl (C=O) groups is 2. The minimum atomic E-state index is -4.62. The van der Waals surface area contributed by atoms with Gasteiger partial charge in [-0.05, 0) is 69.2 Å². The van der Waals surface area contributed by atoms with Crippen LogP contribution >= 0.6 is 27.5 Å². The molecular formula is C30H34BrClN4O7S. The van der Waals surface area contributed by atoms with E-state index in [2.05, 4.69) is 21.2 Å². The zero-order chi connectivity index (χ0) is 32.8. The molecule has 3 aromatic rings. The van der Waals surface area contributed by atoms with Gasteiger partial charge in [-0.1, -0.05) is 52.7 Å². The van der Waals surface area contributed by atoms with Crippen LogP contribution in [-0.4, -0.2) is 55.8 Å². The Bertz CT molecular complexity index is 1650. The molecule has 0 heterocycles. The number of rotatable bonds is 13. The van der Waals surface area contributed by atoms with E-state index in [0.717, 1.165) is 14.8 Å². The number of amides is 2. The zero-order valence-electron chi connectivity index (χ0n) is 24.9. The molecule has 0 aromatic heterocycles. The van der Waals surface area contributed by atoms with Crippen molar-refractivity contribution in [1.82, 2.24) is 10.2 Å². The molecule has 14 heteroatoms. The maximum Gasteiger partial charge on any atom is 0.273 e. The number of ether oxygens (including phenoxy) is 1. The Balaban J connectivity index is 2.16. The number of nitrogens with zero attached hydrogens (tertiary/aromatic N) is 3. The molecule has 0 saturated carbocycles.